The highest BCUT2D eigenvalue weighted by molar-refractivity contribution is 5.69. The molecule has 3 unspecified atom stereocenters. The molecular weight excluding hydrogens is 206 g/mol. The summed E-state index contributed by atoms with van der Waals surface area (Å²) in [7, 11) is 0. The van der Waals surface area contributed by atoms with E-state index >= 15 is 0 Å². The van der Waals surface area contributed by atoms with Crippen molar-refractivity contribution in [1.82, 2.24) is 4.90 Å². The summed E-state index contributed by atoms with van der Waals surface area (Å²) in [5.74, 6) is 0. The monoisotopic (exact) mass is 227 g/mol. The molecule has 0 aromatic rings. The number of hydrogen-bond acceptors (Lipinski definition) is 3. The lowest BCUT2D eigenvalue weighted by molar-refractivity contribution is 0.000679. The largest absolute Gasteiger partial charge is 0.444 e. The van der Waals surface area contributed by atoms with Gasteiger partial charge in [0.2, 0.25) is 0 Å². The van der Waals surface area contributed by atoms with Crippen molar-refractivity contribution >= 4 is 6.09 Å². The molecule has 92 valence electrons. The number of rotatable bonds is 0. The number of fused-ring (bicyclic) bond motifs is 2. The molecule has 0 spiro atoms. The molecule has 0 aliphatic carbocycles. The zero-order valence-electron chi connectivity index (χ0n) is 10.3. The van der Waals surface area contributed by atoms with Crippen LogP contribution in [0.2, 0.25) is 0 Å². The van der Waals surface area contributed by atoms with Gasteiger partial charge in [-0.3, -0.25) is 4.90 Å². The molecule has 2 heterocycles. The highest BCUT2D eigenvalue weighted by Gasteiger charge is 2.46. The molecule has 2 rings (SSSR count). The van der Waals surface area contributed by atoms with Crippen molar-refractivity contribution < 1.29 is 14.6 Å². The van der Waals surface area contributed by atoms with E-state index in [9.17, 15) is 9.90 Å². The number of carbonyl (C=O) groups is 1. The van der Waals surface area contributed by atoms with Crippen molar-refractivity contribution in [2.24, 2.45) is 0 Å². The maximum atomic E-state index is 12.0. The molecular formula is C12H21NO3. The van der Waals surface area contributed by atoms with E-state index in [1.807, 2.05) is 20.8 Å². The highest BCUT2D eigenvalue weighted by atomic mass is 16.6. The first-order chi connectivity index (χ1) is 7.38. The number of piperidine rings is 1. The molecule has 0 saturated carbocycles. The minimum Gasteiger partial charge on any atom is -0.444 e. The van der Waals surface area contributed by atoms with Crippen molar-refractivity contribution in [1.29, 1.82) is 0 Å². The summed E-state index contributed by atoms with van der Waals surface area (Å²) < 4.78 is 5.38. The van der Waals surface area contributed by atoms with Gasteiger partial charge in [0.25, 0.3) is 0 Å². The average molecular weight is 227 g/mol. The molecule has 1 amide bonds. The van der Waals surface area contributed by atoms with Crippen LogP contribution in [0.3, 0.4) is 0 Å². The first-order valence-corrected chi connectivity index (χ1v) is 6.08. The number of hydrogen-bond donors (Lipinski definition) is 1. The molecule has 0 aromatic heterocycles. The topological polar surface area (TPSA) is 49.8 Å². The quantitative estimate of drug-likeness (QED) is 0.687. The predicted octanol–water partition coefficient (Wildman–Crippen LogP) is 1.91. The number of aliphatic hydroxyl groups excluding tert-OH is 1. The van der Waals surface area contributed by atoms with Crippen LogP contribution in [-0.4, -0.2) is 39.9 Å². The standard InChI is InChI=1S/C12H21NO3/c1-12(2,3)16-11(15)13-8-5-4-6-9(13)10(14)7-8/h8-10,14H,4-7H2,1-3H3. The number of ether oxygens (including phenoxy) is 1. The zero-order chi connectivity index (χ0) is 11.9. The molecule has 3 atom stereocenters. The van der Waals surface area contributed by atoms with Crippen LogP contribution in [0.15, 0.2) is 0 Å². The van der Waals surface area contributed by atoms with E-state index in [4.69, 9.17) is 4.74 Å². The average Bonchev–Trinajstić information content (AvgIpc) is 2.31. The van der Waals surface area contributed by atoms with Gasteiger partial charge >= 0.3 is 6.09 Å². The third-order valence-corrected chi connectivity index (χ3v) is 3.35. The van der Waals surface area contributed by atoms with Crippen LogP contribution < -0.4 is 0 Å². The Morgan fingerprint density at radius 1 is 1.38 bits per heavy atom. The smallest absolute Gasteiger partial charge is 0.410 e. The molecule has 1 N–H and O–H groups in total. The molecule has 2 bridgehead atoms. The fourth-order valence-corrected chi connectivity index (χ4v) is 2.76. The number of nitrogens with zero attached hydrogens (tertiary/aromatic N) is 1. The SMILES string of the molecule is CC(C)(C)OC(=O)N1C2CCCC1C(O)C2. The van der Waals surface area contributed by atoms with Crippen molar-refractivity contribution in [3.63, 3.8) is 0 Å². The van der Waals surface area contributed by atoms with Crippen LogP contribution in [0.1, 0.15) is 46.5 Å². The lowest BCUT2D eigenvalue weighted by Crippen LogP contribution is -2.48. The fraction of sp³-hybridized carbons (Fsp3) is 0.917. The van der Waals surface area contributed by atoms with Gasteiger partial charge in [0.05, 0.1) is 12.1 Å². The van der Waals surface area contributed by atoms with Gasteiger partial charge in [-0.25, -0.2) is 4.79 Å². The van der Waals surface area contributed by atoms with Gasteiger partial charge in [-0.1, -0.05) is 0 Å². The first-order valence-electron chi connectivity index (χ1n) is 6.08. The highest BCUT2D eigenvalue weighted by Crippen LogP contribution is 2.36. The summed E-state index contributed by atoms with van der Waals surface area (Å²) in [5.41, 5.74) is -0.459. The van der Waals surface area contributed by atoms with Crippen molar-refractivity contribution in [3.05, 3.63) is 0 Å². The third-order valence-electron chi connectivity index (χ3n) is 3.35. The van der Waals surface area contributed by atoms with Gasteiger partial charge in [-0.15, -0.1) is 0 Å². The van der Waals surface area contributed by atoms with Crippen LogP contribution in [0.4, 0.5) is 4.79 Å². The summed E-state index contributed by atoms with van der Waals surface area (Å²) in [6.45, 7) is 5.60. The van der Waals surface area contributed by atoms with Gasteiger partial charge in [0.1, 0.15) is 5.60 Å². The molecule has 2 aliphatic rings. The molecule has 2 saturated heterocycles. The van der Waals surface area contributed by atoms with E-state index in [2.05, 4.69) is 0 Å². The second kappa shape index (κ2) is 3.91. The summed E-state index contributed by atoms with van der Waals surface area (Å²) in [6, 6.07) is 0.164. The summed E-state index contributed by atoms with van der Waals surface area (Å²) >= 11 is 0. The zero-order valence-corrected chi connectivity index (χ0v) is 10.3. The molecule has 4 nitrogen and oxygen atoms in total. The summed E-state index contributed by atoms with van der Waals surface area (Å²) in [5, 5.41) is 9.87. The normalized spacial score (nSPS) is 34.0. The Hall–Kier alpha value is -0.770. The second-order valence-corrected chi connectivity index (χ2v) is 5.84. The van der Waals surface area contributed by atoms with Crippen molar-refractivity contribution in [2.75, 3.05) is 0 Å². The Balaban J connectivity index is 2.07. The molecule has 2 aliphatic heterocycles. The Morgan fingerprint density at radius 3 is 2.62 bits per heavy atom. The molecule has 16 heavy (non-hydrogen) atoms. The van der Waals surface area contributed by atoms with E-state index in [0.717, 1.165) is 19.3 Å². The van der Waals surface area contributed by atoms with Crippen LogP contribution in [0.25, 0.3) is 0 Å². The van der Waals surface area contributed by atoms with Gasteiger partial charge in [-0.2, -0.15) is 0 Å². The molecule has 2 fully saturated rings. The van der Waals surface area contributed by atoms with E-state index < -0.39 is 5.60 Å². The maximum Gasteiger partial charge on any atom is 0.410 e. The number of aliphatic hydroxyl groups is 1. The summed E-state index contributed by atoms with van der Waals surface area (Å²) in [6.07, 6.45) is 3.08. The maximum absolute atomic E-state index is 12.0. The van der Waals surface area contributed by atoms with E-state index in [1.54, 1.807) is 4.90 Å². The van der Waals surface area contributed by atoms with Gasteiger partial charge in [-0.05, 0) is 46.5 Å². The number of carbonyl (C=O) groups excluding carboxylic acids is 1. The van der Waals surface area contributed by atoms with Crippen LogP contribution in [0.5, 0.6) is 0 Å². The minimum atomic E-state index is -0.459. The van der Waals surface area contributed by atoms with E-state index in [0.29, 0.717) is 6.42 Å². The van der Waals surface area contributed by atoms with Gasteiger partial charge < -0.3 is 9.84 Å². The van der Waals surface area contributed by atoms with Crippen LogP contribution in [0, 0.1) is 0 Å². The lowest BCUT2D eigenvalue weighted by atomic mass is 10.0. The molecule has 4 heteroatoms. The van der Waals surface area contributed by atoms with Crippen molar-refractivity contribution in [2.45, 2.75) is 70.2 Å². The van der Waals surface area contributed by atoms with Gasteiger partial charge in [0.15, 0.2) is 0 Å². The van der Waals surface area contributed by atoms with Crippen LogP contribution >= 0.6 is 0 Å². The molecule has 0 aromatic carbocycles. The number of amides is 1. The molecule has 0 radical (unpaired) electrons. The fourth-order valence-electron chi connectivity index (χ4n) is 2.76. The predicted molar refractivity (Wildman–Crippen MR) is 60.1 cm³/mol. The van der Waals surface area contributed by atoms with Gasteiger partial charge in [0, 0.05) is 6.04 Å². The minimum absolute atomic E-state index is 0.0198. The Kier molecular flexibility index (Phi) is 2.86. The third kappa shape index (κ3) is 2.17. The summed E-state index contributed by atoms with van der Waals surface area (Å²) in [4.78, 5) is 13.8. The second-order valence-electron chi connectivity index (χ2n) is 5.84. The lowest BCUT2D eigenvalue weighted by Gasteiger charge is -2.36. The Bertz CT molecular complexity index is 284. The van der Waals surface area contributed by atoms with Crippen LogP contribution in [-0.2, 0) is 4.74 Å². The van der Waals surface area contributed by atoms with Crippen molar-refractivity contribution in [3.8, 4) is 0 Å². The Morgan fingerprint density at radius 2 is 2.06 bits per heavy atom. The van der Waals surface area contributed by atoms with E-state index in [1.165, 1.54) is 0 Å². The first kappa shape index (κ1) is 11.7. The van der Waals surface area contributed by atoms with E-state index in [-0.39, 0.29) is 24.3 Å². The Labute approximate surface area is 96.6 Å².